The van der Waals surface area contributed by atoms with Crippen LogP contribution in [0.2, 0.25) is 0 Å². The highest BCUT2D eigenvalue weighted by Gasteiger charge is 2.15. The number of ether oxygens (including phenoxy) is 1. The molecule has 0 unspecified atom stereocenters. The van der Waals surface area contributed by atoms with E-state index in [0.717, 1.165) is 36.1 Å². The van der Waals surface area contributed by atoms with Gasteiger partial charge < -0.3 is 14.4 Å². The van der Waals surface area contributed by atoms with Crippen LogP contribution in [0, 0.1) is 6.92 Å². The number of aromatic nitrogens is 2. The first-order valence-corrected chi connectivity index (χ1v) is 7.60. The fraction of sp³-hybridized carbons (Fsp3) is 0.471. The summed E-state index contributed by atoms with van der Waals surface area (Å²) in [6, 6.07) is 8.01. The second-order valence-electron chi connectivity index (χ2n) is 5.65. The smallest absolute Gasteiger partial charge is 0.106 e. The SMILES string of the molecule is Cc1nc2ccccc2n1C[C@@H](O)CO[C@@H]1CC=CCC1. The third-order valence-electron chi connectivity index (χ3n) is 3.98. The highest BCUT2D eigenvalue weighted by molar-refractivity contribution is 5.75. The van der Waals surface area contributed by atoms with Crippen molar-refractivity contribution in [2.75, 3.05) is 6.61 Å². The van der Waals surface area contributed by atoms with Crippen molar-refractivity contribution in [1.29, 1.82) is 0 Å². The summed E-state index contributed by atoms with van der Waals surface area (Å²) in [5.41, 5.74) is 2.04. The number of benzene rings is 1. The molecule has 2 aromatic rings. The first kappa shape index (κ1) is 14.3. The molecule has 0 saturated heterocycles. The zero-order chi connectivity index (χ0) is 14.7. The number of rotatable bonds is 5. The zero-order valence-corrected chi connectivity index (χ0v) is 12.4. The van der Waals surface area contributed by atoms with Gasteiger partial charge >= 0.3 is 0 Å². The molecule has 2 atom stereocenters. The second kappa shape index (κ2) is 6.41. The van der Waals surface area contributed by atoms with Gasteiger partial charge in [-0.25, -0.2) is 4.98 Å². The summed E-state index contributed by atoms with van der Waals surface area (Å²) in [7, 11) is 0. The van der Waals surface area contributed by atoms with Crippen molar-refractivity contribution in [2.24, 2.45) is 0 Å². The van der Waals surface area contributed by atoms with Crippen LogP contribution in [0.5, 0.6) is 0 Å². The monoisotopic (exact) mass is 286 g/mol. The Bertz CT molecular complexity index is 633. The number of para-hydroxylation sites is 2. The van der Waals surface area contributed by atoms with Gasteiger partial charge in [-0.1, -0.05) is 24.3 Å². The highest BCUT2D eigenvalue weighted by Crippen LogP contribution is 2.17. The van der Waals surface area contributed by atoms with E-state index in [2.05, 4.69) is 21.7 Å². The topological polar surface area (TPSA) is 47.3 Å². The van der Waals surface area contributed by atoms with Gasteiger partial charge in [0.1, 0.15) is 5.82 Å². The van der Waals surface area contributed by atoms with Crippen LogP contribution in [0.4, 0.5) is 0 Å². The predicted octanol–water partition coefficient (Wildman–Crippen LogP) is 2.83. The van der Waals surface area contributed by atoms with E-state index in [-0.39, 0.29) is 6.10 Å². The summed E-state index contributed by atoms with van der Waals surface area (Å²) < 4.78 is 7.87. The van der Waals surface area contributed by atoms with E-state index in [1.807, 2.05) is 31.2 Å². The minimum Gasteiger partial charge on any atom is -0.389 e. The molecular weight excluding hydrogens is 264 g/mol. The molecule has 1 N–H and O–H groups in total. The molecule has 21 heavy (non-hydrogen) atoms. The molecular formula is C17H22N2O2. The van der Waals surface area contributed by atoms with Gasteiger partial charge in [-0.15, -0.1) is 0 Å². The number of aliphatic hydroxyl groups excluding tert-OH is 1. The van der Waals surface area contributed by atoms with Gasteiger partial charge in [0, 0.05) is 0 Å². The second-order valence-corrected chi connectivity index (χ2v) is 5.65. The van der Waals surface area contributed by atoms with E-state index in [1.54, 1.807) is 0 Å². The van der Waals surface area contributed by atoms with E-state index in [1.165, 1.54) is 0 Å². The number of allylic oxidation sites excluding steroid dienone is 1. The Morgan fingerprint density at radius 1 is 1.38 bits per heavy atom. The number of nitrogens with zero attached hydrogens (tertiary/aromatic N) is 2. The Hall–Kier alpha value is -1.65. The summed E-state index contributed by atoms with van der Waals surface area (Å²) in [6.45, 7) is 2.87. The van der Waals surface area contributed by atoms with Crippen LogP contribution in [0.1, 0.15) is 25.1 Å². The molecule has 0 aliphatic heterocycles. The lowest BCUT2D eigenvalue weighted by molar-refractivity contribution is -0.0175. The van der Waals surface area contributed by atoms with Crippen LogP contribution in [0.15, 0.2) is 36.4 Å². The van der Waals surface area contributed by atoms with Crippen molar-refractivity contribution >= 4 is 11.0 Å². The normalized spacial score (nSPS) is 20.0. The number of aliphatic hydroxyl groups is 1. The van der Waals surface area contributed by atoms with E-state index in [0.29, 0.717) is 13.2 Å². The Balaban J connectivity index is 1.62. The molecule has 4 nitrogen and oxygen atoms in total. The van der Waals surface area contributed by atoms with Gasteiger partial charge in [-0.3, -0.25) is 0 Å². The van der Waals surface area contributed by atoms with E-state index < -0.39 is 6.10 Å². The summed E-state index contributed by atoms with van der Waals surface area (Å²) >= 11 is 0. The molecule has 1 aliphatic carbocycles. The molecule has 0 spiro atoms. The maximum absolute atomic E-state index is 10.2. The molecule has 1 aromatic heterocycles. The third-order valence-corrected chi connectivity index (χ3v) is 3.98. The minimum atomic E-state index is -0.507. The van der Waals surface area contributed by atoms with Crippen molar-refractivity contribution in [2.45, 2.75) is 44.9 Å². The lowest BCUT2D eigenvalue weighted by Gasteiger charge is -2.21. The average Bonchev–Trinajstić information content (AvgIpc) is 2.82. The van der Waals surface area contributed by atoms with Crippen LogP contribution in [0.3, 0.4) is 0 Å². The summed E-state index contributed by atoms with van der Waals surface area (Å²) in [4.78, 5) is 4.52. The summed E-state index contributed by atoms with van der Waals surface area (Å²) in [5, 5.41) is 10.2. The molecule has 1 aliphatic rings. The maximum Gasteiger partial charge on any atom is 0.106 e. The lowest BCUT2D eigenvalue weighted by atomic mass is 10.1. The average molecular weight is 286 g/mol. The molecule has 0 fully saturated rings. The van der Waals surface area contributed by atoms with E-state index >= 15 is 0 Å². The predicted molar refractivity (Wildman–Crippen MR) is 83.2 cm³/mol. The molecule has 1 aromatic carbocycles. The van der Waals surface area contributed by atoms with Crippen molar-refractivity contribution in [3.63, 3.8) is 0 Å². The molecule has 4 heteroatoms. The fourth-order valence-corrected chi connectivity index (χ4v) is 2.85. The third kappa shape index (κ3) is 3.34. The number of imidazole rings is 1. The number of hydrogen-bond acceptors (Lipinski definition) is 3. The largest absolute Gasteiger partial charge is 0.389 e. The van der Waals surface area contributed by atoms with E-state index in [4.69, 9.17) is 4.74 Å². The first-order chi connectivity index (χ1) is 10.2. The number of aryl methyl sites for hydroxylation is 1. The van der Waals surface area contributed by atoms with Gasteiger partial charge in [0.15, 0.2) is 0 Å². The Morgan fingerprint density at radius 3 is 3.05 bits per heavy atom. The lowest BCUT2D eigenvalue weighted by Crippen LogP contribution is -2.26. The molecule has 1 heterocycles. The van der Waals surface area contributed by atoms with Gasteiger partial charge in [-0.2, -0.15) is 0 Å². The van der Waals surface area contributed by atoms with Crippen LogP contribution in [-0.2, 0) is 11.3 Å². The first-order valence-electron chi connectivity index (χ1n) is 7.60. The van der Waals surface area contributed by atoms with Crippen molar-refractivity contribution in [3.8, 4) is 0 Å². The molecule has 3 rings (SSSR count). The van der Waals surface area contributed by atoms with Crippen molar-refractivity contribution in [3.05, 3.63) is 42.2 Å². The molecule has 0 amide bonds. The fourth-order valence-electron chi connectivity index (χ4n) is 2.85. The maximum atomic E-state index is 10.2. The Morgan fingerprint density at radius 2 is 2.24 bits per heavy atom. The van der Waals surface area contributed by atoms with Gasteiger partial charge in [-0.05, 0) is 38.3 Å². The summed E-state index contributed by atoms with van der Waals surface area (Å²) in [6.07, 6.45) is 7.19. The molecule has 112 valence electrons. The molecule has 0 radical (unpaired) electrons. The van der Waals surface area contributed by atoms with Crippen LogP contribution >= 0.6 is 0 Å². The van der Waals surface area contributed by atoms with Crippen LogP contribution in [-0.4, -0.2) is 33.5 Å². The quantitative estimate of drug-likeness (QED) is 0.860. The Kier molecular flexibility index (Phi) is 4.36. The van der Waals surface area contributed by atoms with Gasteiger partial charge in [0.2, 0.25) is 0 Å². The number of fused-ring (bicyclic) bond motifs is 1. The summed E-state index contributed by atoms with van der Waals surface area (Å²) in [5.74, 6) is 0.927. The highest BCUT2D eigenvalue weighted by atomic mass is 16.5. The zero-order valence-electron chi connectivity index (χ0n) is 12.4. The van der Waals surface area contributed by atoms with Crippen molar-refractivity contribution < 1.29 is 9.84 Å². The molecule has 0 saturated carbocycles. The van der Waals surface area contributed by atoms with E-state index in [9.17, 15) is 5.11 Å². The van der Waals surface area contributed by atoms with Gasteiger partial charge in [0.25, 0.3) is 0 Å². The minimum absolute atomic E-state index is 0.255. The van der Waals surface area contributed by atoms with Gasteiger partial charge in [0.05, 0.1) is 36.4 Å². The molecule has 0 bridgehead atoms. The van der Waals surface area contributed by atoms with Crippen molar-refractivity contribution in [1.82, 2.24) is 9.55 Å². The van der Waals surface area contributed by atoms with Crippen LogP contribution < -0.4 is 0 Å². The van der Waals surface area contributed by atoms with Crippen LogP contribution in [0.25, 0.3) is 11.0 Å². The Labute approximate surface area is 125 Å². The standard InChI is InChI=1S/C17H22N2O2/c1-13-18-16-9-5-6-10-17(16)19(13)11-14(20)12-21-15-7-3-2-4-8-15/h2-3,5-6,9-10,14-15,20H,4,7-8,11-12H2,1H3/t14-,15-/m1/s1. The number of hydrogen-bond donors (Lipinski definition) is 1.